The van der Waals surface area contributed by atoms with Gasteiger partial charge in [-0.15, -0.1) is 5.10 Å². The third-order valence-corrected chi connectivity index (χ3v) is 3.12. The zero-order chi connectivity index (χ0) is 13.9. The summed E-state index contributed by atoms with van der Waals surface area (Å²) in [6.07, 6.45) is 2.75. The Morgan fingerprint density at radius 3 is 2.60 bits per heavy atom. The van der Waals surface area contributed by atoms with Crippen LogP contribution in [0.1, 0.15) is 12.5 Å². The van der Waals surface area contributed by atoms with Crippen molar-refractivity contribution in [3.63, 3.8) is 0 Å². The van der Waals surface area contributed by atoms with E-state index in [0.29, 0.717) is 29.9 Å². The zero-order valence-electron chi connectivity index (χ0n) is 11.3. The third-order valence-electron chi connectivity index (χ3n) is 3.12. The first-order valence-corrected chi connectivity index (χ1v) is 6.27. The molecule has 0 amide bonds. The molecular weight excluding hydrogens is 262 g/mol. The molecule has 1 atom stereocenters. The predicted molar refractivity (Wildman–Crippen MR) is 68.6 cm³/mol. The number of hydrogen-bond acceptors (Lipinski definition) is 7. The fourth-order valence-electron chi connectivity index (χ4n) is 2.02. The van der Waals surface area contributed by atoms with Crippen LogP contribution in [0.5, 0.6) is 11.8 Å². The molecule has 106 valence electrons. The summed E-state index contributed by atoms with van der Waals surface area (Å²) < 4.78 is 17.4. The molecule has 20 heavy (non-hydrogen) atoms. The number of methoxy groups -OCH3 is 2. The zero-order valence-corrected chi connectivity index (χ0v) is 11.3. The van der Waals surface area contributed by atoms with Gasteiger partial charge in [0.15, 0.2) is 11.5 Å². The van der Waals surface area contributed by atoms with Crippen LogP contribution in [-0.2, 0) is 4.74 Å². The SMILES string of the molecule is COc1cc(OC)nc(-c2cn([C@@H]3CCOC3)nn2)n1. The van der Waals surface area contributed by atoms with E-state index in [1.807, 2.05) is 6.20 Å². The van der Waals surface area contributed by atoms with Crippen LogP contribution in [0.25, 0.3) is 11.5 Å². The summed E-state index contributed by atoms with van der Waals surface area (Å²) in [5.74, 6) is 1.27. The number of rotatable bonds is 4. The Labute approximate surface area is 115 Å². The molecule has 0 saturated carbocycles. The highest BCUT2D eigenvalue weighted by Crippen LogP contribution is 2.23. The number of ether oxygens (including phenoxy) is 3. The molecule has 3 heterocycles. The number of nitrogens with zero attached hydrogens (tertiary/aromatic N) is 5. The highest BCUT2D eigenvalue weighted by atomic mass is 16.5. The van der Waals surface area contributed by atoms with Gasteiger partial charge in [0.05, 0.1) is 39.1 Å². The summed E-state index contributed by atoms with van der Waals surface area (Å²) in [4.78, 5) is 8.50. The van der Waals surface area contributed by atoms with Gasteiger partial charge in [-0.3, -0.25) is 0 Å². The molecule has 1 saturated heterocycles. The van der Waals surface area contributed by atoms with E-state index >= 15 is 0 Å². The van der Waals surface area contributed by atoms with Gasteiger partial charge < -0.3 is 14.2 Å². The molecule has 1 aliphatic heterocycles. The van der Waals surface area contributed by atoms with Crippen molar-refractivity contribution < 1.29 is 14.2 Å². The van der Waals surface area contributed by atoms with Gasteiger partial charge in [0.25, 0.3) is 0 Å². The minimum absolute atomic E-state index is 0.226. The Kier molecular flexibility index (Phi) is 3.46. The van der Waals surface area contributed by atoms with Crippen molar-refractivity contribution in [3.8, 4) is 23.3 Å². The topological polar surface area (TPSA) is 84.2 Å². The molecule has 0 bridgehead atoms. The van der Waals surface area contributed by atoms with Crippen molar-refractivity contribution in [3.05, 3.63) is 12.3 Å². The van der Waals surface area contributed by atoms with Gasteiger partial charge >= 0.3 is 0 Å². The smallest absolute Gasteiger partial charge is 0.220 e. The first-order valence-electron chi connectivity index (χ1n) is 6.27. The standard InChI is InChI=1S/C12H15N5O3/c1-18-10-5-11(19-2)14-12(13-10)9-6-17(16-15-9)8-3-4-20-7-8/h5-6,8H,3-4,7H2,1-2H3/t8-/m1/s1. The molecule has 0 aliphatic carbocycles. The lowest BCUT2D eigenvalue weighted by Gasteiger charge is -2.05. The van der Waals surface area contributed by atoms with Crippen LogP contribution in [0.3, 0.4) is 0 Å². The fraction of sp³-hybridized carbons (Fsp3) is 0.500. The minimum atomic E-state index is 0.226. The molecule has 2 aromatic rings. The summed E-state index contributed by atoms with van der Waals surface area (Å²) in [6.45, 7) is 1.41. The maximum atomic E-state index is 5.34. The Bertz CT molecular complexity index is 572. The minimum Gasteiger partial charge on any atom is -0.481 e. The van der Waals surface area contributed by atoms with Gasteiger partial charge in [0.2, 0.25) is 11.8 Å². The summed E-state index contributed by atoms with van der Waals surface area (Å²) >= 11 is 0. The molecule has 2 aromatic heterocycles. The highest BCUT2D eigenvalue weighted by molar-refractivity contribution is 5.48. The van der Waals surface area contributed by atoms with Crippen molar-refractivity contribution in [2.24, 2.45) is 0 Å². The second-order valence-electron chi connectivity index (χ2n) is 4.38. The van der Waals surface area contributed by atoms with E-state index in [2.05, 4.69) is 20.3 Å². The van der Waals surface area contributed by atoms with E-state index in [1.165, 1.54) is 14.2 Å². The lowest BCUT2D eigenvalue weighted by molar-refractivity contribution is 0.184. The second-order valence-corrected chi connectivity index (χ2v) is 4.38. The van der Waals surface area contributed by atoms with E-state index in [4.69, 9.17) is 14.2 Å². The lowest BCUT2D eigenvalue weighted by Crippen LogP contribution is -2.08. The molecule has 3 rings (SSSR count). The summed E-state index contributed by atoms with van der Waals surface area (Å²) in [6, 6.07) is 1.84. The van der Waals surface area contributed by atoms with Gasteiger partial charge in [-0.2, -0.15) is 9.97 Å². The first kappa shape index (κ1) is 12.8. The van der Waals surface area contributed by atoms with Crippen LogP contribution in [0.15, 0.2) is 12.3 Å². The average Bonchev–Trinajstić information content (AvgIpc) is 3.17. The largest absolute Gasteiger partial charge is 0.481 e. The average molecular weight is 277 g/mol. The Hall–Kier alpha value is -2.22. The normalized spacial score (nSPS) is 18.2. The highest BCUT2D eigenvalue weighted by Gasteiger charge is 2.20. The van der Waals surface area contributed by atoms with Gasteiger partial charge in [-0.1, -0.05) is 5.21 Å². The monoisotopic (exact) mass is 277 g/mol. The Morgan fingerprint density at radius 2 is 2.00 bits per heavy atom. The molecule has 1 fully saturated rings. The maximum Gasteiger partial charge on any atom is 0.220 e. The second kappa shape index (κ2) is 5.41. The fourth-order valence-corrected chi connectivity index (χ4v) is 2.02. The Morgan fingerprint density at radius 1 is 1.25 bits per heavy atom. The van der Waals surface area contributed by atoms with E-state index in [0.717, 1.165) is 13.0 Å². The molecule has 0 spiro atoms. The van der Waals surface area contributed by atoms with E-state index < -0.39 is 0 Å². The molecule has 0 aromatic carbocycles. The third kappa shape index (κ3) is 2.42. The first-order chi connectivity index (χ1) is 9.80. The molecule has 1 aliphatic rings. The molecule has 8 nitrogen and oxygen atoms in total. The van der Waals surface area contributed by atoms with Crippen molar-refractivity contribution >= 4 is 0 Å². The van der Waals surface area contributed by atoms with Crippen LogP contribution in [-0.4, -0.2) is 52.4 Å². The van der Waals surface area contributed by atoms with Crippen molar-refractivity contribution in [2.45, 2.75) is 12.5 Å². The van der Waals surface area contributed by atoms with Crippen LogP contribution in [0, 0.1) is 0 Å². The number of aromatic nitrogens is 5. The van der Waals surface area contributed by atoms with Crippen molar-refractivity contribution in [1.29, 1.82) is 0 Å². The molecular formula is C12H15N5O3. The molecule has 8 heteroatoms. The molecule has 0 N–H and O–H groups in total. The van der Waals surface area contributed by atoms with E-state index in [1.54, 1.807) is 10.7 Å². The van der Waals surface area contributed by atoms with E-state index in [9.17, 15) is 0 Å². The summed E-state index contributed by atoms with van der Waals surface area (Å²) in [7, 11) is 3.08. The van der Waals surface area contributed by atoms with Crippen LogP contribution < -0.4 is 9.47 Å². The van der Waals surface area contributed by atoms with Crippen molar-refractivity contribution in [2.75, 3.05) is 27.4 Å². The molecule has 0 radical (unpaired) electrons. The van der Waals surface area contributed by atoms with Gasteiger partial charge in [-0.05, 0) is 6.42 Å². The summed E-state index contributed by atoms with van der Waals surface area (Å²) in [5.41, 5.74) is 0.578. The van der Waals surface area contributed by atoms with Crippen LogP contribution >= 0.6 is 0 Å². The van der Waals surface area contributed by atoms with Crippen LogP contribution in [0.4, 0.5) is 0 Å². The maximum absolute atomic E-state index is 5.34. The van der Waals surface area contributed by atoms with Gasteiger partial charge in [0, 0.05) is 6.61 Å². The Balaban J connectivity index is 1.92. The molecule has 0 unspecified atom stereocenters. The van der Waals surface area contributed by atoms with Gasteiger partial charge in [0.1, 0.15) is 0 Å². The van der Waals surface area contributed by atoms with E-state index in [-0.39, 0.29) is 6.04 Å². The van der Waals surface area contributed by atoms with Crippen molar-refractivity contribution in [1.82, 2.24) is 25.0 Å². The summed E-state index contributed by atoms with van der Waals surface area (Å²) in [5, 5.41) is 8.21. The van der Waals surface area contributed by atoms with Gasteiger partial charge in [-0.25, -0.2) is 4.68 Å². The quantitative estimate of drug-likeness (QED) is 0.813. The lowest BCUT2D eigenvalue weighted by atomic mass is 10.3. The van der Waals surface area contributed by atoms with Crippen LogP contribution in [0.2, 0.25) is 0 Å². The predicted octanol–water partition coefficient (Wildman–Crippen LogP) is 0.714. The number of hydrogen-bond donors (Lipinski definition) is 0.